The van der Waals surface area contributed by atoms with Gasteiger partial charge in [-0.1, -0.05) is 6.07 Å². The molecule has 1 fully saturated rings. The molecule has 13 heteroatoms. The first-order valence-corrected chi connectivity index (χ1v) is 14.5. The van der Waals surface area contributed by atoms with E-state index in [0.717, 1.165) is 11.4 Å². The van der Waals surface area contributed by atoms with Crippen molar-refractivity contribution in [3.05, 3.63) is 59.4 Å². The molecule has 0 radical (unpaired) electrons. The van der Waals surface area contributed by atoms with E-state index in [0.29, 0.717) is 40.5 Å². The molecular formula is C27H32N6O6S. The van der Waals surface area contributed by atoms with E-state index in [-0.39, 0.29) is 25.3 Å². The fraction of sp³-hybridized carbons (Fsp3) is 0.407. The number of aromatic nitrogens is 5. The number of furan rings is 1. The van der Waals surface area contributed by atoms with E-state index >= 15 is 0 Å². The number of piperidine rings is 1. The number of para-hydroxylation sites is 1. The van der Waals surface area contributed by atoms with Crippen molar-refractivity contribution in [3.8, 4) is 28.8 Å². The Bertz CT molecular complexity index is 1590. The van der Waals surface area contributed by atoms with Gasteiger partial charge in [-0.15, -0.1) is 10.2 Å². The van der Waals surface area contributed by atoms with E-state index in [1.54, 1.807) is 46.7 Å². The zero-order chi connectivity index (χ0) is 28.6. The number of hydrogen-bond acceptors (Lipinski definition) is 11. The van der Waals surface area contributed by atoms with E-state index in [2.05, 4.69) is 20.2 Å². The minimum Gasteiger partial charge on any atom is -0.494 e. The molecule has 3 aromatic heterocycles. The zero-order valence-electron chi connectivity index (χ0n) is 23.0. The van der Waals surface area contributed by atoms with Crippen LogP contribution in [0.4, 0.5) is 5.95 Å². The quantitative estimate of drug-likeness (QED) is 0.335. The second-order valence-electron chi connectivity index (χ2n) is 9.87. The number of sulfone groups is 1. The second kappa shape index (κ2) is 10.9. The smallest absolute Gasteiger partial charge is 0.225 e. The van der Waals surface area contributed by atoms with Gasteiger partial charge in [0.1, 0.15) is 28.7 Å². The molecule has 12 nitrogen and oxygen atoms in total. The Morgan fingerprint density at radius 3 is 2.27 bits per heavy atom. The Morgan fingerprint density at radius 2 is 1.68 bits per heavy atom. The highest BCUT2D eigenvalue weighted by Gasteiger charge is 2.37. The molecule has 212 valence electrons. The maximum absolute atomic E-state index is 13.9. The van der Waals surface area contributed by atoms with Gasteiger partial charge >= 0.3 is 0 Å². The van der Waals surface area contributed by atoms with Gasteiger partial charge in [-0.25, -0.2) is 18.4 Å². The number of hydrogen-bond donors (Lipinski definition) is 1. The molecule has 0 spiro atoms. The Balaban J connectivity index is 1.56. The van der Waals surface area contributed by atoms with Gasteiger partial charge in [0, 0.05) is 24.5 Å². The third kappa shape index (κ3) is 5.39. The normalized spacial score (nSPS) is 17.7. The lowest BCUT2D eigenvalue weighted by Crippen LogP contribution is -2.49. The van der Waals surface area contributed by atoms with Crippen molar-refractivity contribution < 1.29 is 27.4 Å². The number of rotatable bonds is 8. The van der Waals surface area contributed by atoms with E-state index in [1.165, 1.54) is 14.2 Å². The van der Waals surface area contributed by atoms with Crippen molar-refractivity contribution in [1.82, 2.24) is 24.7 Å². The van der Waals surface area contributed by atoms with Crippen LogP contribution in [-0.4, -0.2) is 76.9 Å². The highest BCUT2D eigenvalue weighted by molar-refractivity contribution is 7.91. The van der Waals surface area contributed by atoms with Crippen LogP contribution < -0.4 is 14.4 Å². The number of benzene rings is 1. The van der Waals surface area contributed by atoms with Gasteiger partial charge < -0.3 is 23.9 Å². The largest absolute Gasteiger partial charge is 0.494 e. The van der Waals surface area contributed by atoms with Gasteiger partial charge in [-0.3, -0.25) is 4.57 Å². The molecule has 0 aliphatic carbocycles. The van der Waals surface area contributed by atoms with Crippen LogP contribution in [0, 0.1) is 20.8 Å². The highest BCUT2D eigenvalue weighted by Crippen LogP contribution is 2.37. The molecule has 0 saturated carbocycles. The van der Waals surface area contributed by atoms with Crippen LogP contribution in [0.3, 0.4) is 0 Å². The first-order valence-electron chi connectivity index (χ1n) is 12.8. The van der Waals surface area contributed by atoms with Gasteiger partial charge in [0.2, 0.25) is 11.8 Å². The number of aliphatic hydroxyl groups is 1. The summed E-state index contributed by atoms with van der Waals surface area (Å²) in [7, 11) is -0.823. The number of aliphatic hydroxyl groups excluding tert-OH is 1. The molecule has 4 heterocycles. The van der Waals surface area contributed by atoms with Crippen molar-refractivity contribution >= 4 is 15.8 Å². The van der Waals surface area contributed by atoms with Gasteiger partial charge in [-0.05, 0) is 57.5 Å². The summed E-state index contributed by atoms with van der Waals surface area (Å²) in [6, 6.07) is 10.6. The summed E-state index contributed by atoms with van der Waals surface area (Å²) in [5.41, 5.74) is 1.98. The Labute approximate surface area is 232 Å². The van der Waals surface area contributed by atoms with Gasteiger partial charge in [-0.2, -0.15) is 0 Å². The average molecular weight is 569 g/mol. The maximum atomic E-state index is 13.9. The first kappa shape index (κ1) is 27.6. The monoisotopic (exact) mass is 568 g/mol. The molecule has 0 unspecified atom stereocenters. The number of methoxy groups -OCH3 is 2. The summed E-state index contributed by atoms with van der Waals surface area (Å²) in [5.74, 6) is 2.36. The lowest BCUT2D eigenvalue weighted by molar-refractivity contribution is 0.154. The van der Waals surface area contributed by atoms with Crippen LogP contribution in [0.5, 0.6) is 11.5 Å². The minimum absolute atomic E-state index is 0.0833. The second-order valence-corrected chi connectivity index (χ2v) is 12.2. The summed E-state index contributed by atoms with van der Waals surface area (Å²) in [4.78, 5) is 10.7. The highest BCUT2D eigenvalue weighted by atomic mass is 32.2. The molecule has 5 rings (SSSR count). The topological polar surface area (TPSA) is 146 Å². The van der Waals surface area contributed by atoms with Crippen molar-refractivity contribution in [2.75, 3.05) is 32.2 Å². The number of nitrogens with zero attached hydrogens (tertiary/aromatic N) is 6. The third-order valence-corrected chi connectivity index (χ3v) is 8.82. The Morgan fingerprint density at radius 1 is 1.00 bits per heavy atom. The molecule has 0 amide bonds. The number of β-amino-alcohol motifs (C(OH)–C–C–N with tert-alkyl or cyclic N) is 1. The SMILES string of the molecule is COc1cccc(OC)c1-n1c(CS(=O)(=O)[C@@H]2C[C@H](O)CN(c3nc(C)cc(C)n3)C2)nnc1-c1ccc(C)o1. The Hall–Kier alpha value is -3.97. The molecule has 40 heavy (non-hydrogen) atoms. The summed E-state index contributed by atoms with van der Waals surface area (Å²) in [6.45, 7) is 5.89. The first-order chi connectivity index (χ1) is 19.1. The third-order valence-electron chi connectivity index (χ3n) is 6.80. The molecule has 1 N–H and O–H groups in total. The van der Waals surface area contributed by atoms with Crippen LogP contribution in [-0.2, 0) is 15.6 Å². The van der Waals surface area contributed by atoms with Crippen LogP contribution in [0.15, 0.2) is 40.8 Å². The van der Waals surface area contributed by atoms with E-state index < -0.39 is 26.9 Å². The van der Waals surface area contributed by atoms with Crippen molar-refractivity contribution in [1.29, 1.82) is 0 Å². The van der Waals surface area contributed by atoms with E-state index in [4.69, 9.17) is 13.9 Å². The molecule has 2 atom stereocenters. The molecule has 1 aromatic carbocycles. The van der Waals surface area contributed by atoms with Crippen LogP contribution in [0.1, 0.15) is 29.4 Å². The lowest BCUT2D eigenvalue weighted by Gasteiger charge is -2.35. The van der Waals surface area contributed by atoms with Gasteiger partial charge in [0.05, 0.1) is 25.6 Å². The van der Waals surface area contributed by atoms with Crippen LogP contribution in [0.2, 0.25) is 0 Å². The average Bonchev–Trinajstić information content (AvgIpc) is 3.52. The summed E-state index contributed by atoms with van der Waals surface area (Å²) in [6.07, 6.45) is -0.785. The predicted octanol–water partition coefficient (Wildman–Crippen LogP) is 2.81. The molecule has 1 aliphatic heterocycles. The lowest BCUT2D eigenvalue weighted by atomic mass is 10.1. The van der Waals surface area contributed by atoms with Crippen molar-refractivity contribution in [2.24, 2.45) is 0 Å². The number of ether oxygens (including phenoxy) is 2. The van der Waals surface area contributed by atoms with Gasteiger partial charge in [0.15, 0.2) is 21.4 Å². The fourth-order valence-electron chi connectivity index (χ4n) is 5.01. The van der Waals surface area contributed by atoms with Crippen LogP contribution in [0.25, 0.3) is 17.3 Å². The van der Waals surface area contributed by atoms with Crippen molar-refractivity contribution in [2.45, 2.75) is 44.3 Å². The van der Waals surface area contributed by atoms with E-state index in [1.807, 2.05) is 19.9 Å². The molecule has 1 aliphatic rings. The number of aryl methyl sites for hydroxylation is 3. The number of anilines is 1. The Kier molecular flexibility index (Phi) is 7.51. The maximum Gasteiger partial charge on any atom is 0.225 e. The van der Waals surface area contributed by atoms with Crippen LogP contribution >= 0.6 is 0 Å². The molecule has 0 bridgehead atoms. The van der Waals surface area contributed by atoms with Gasteiger partial charge in [0.25, 0.3) is 0 Å². The fourth-order valence-corrected chi connectivity index (χ4v) is 6.71. The summed E-state index contributed by atoms with van der Waals surface area (Å²) >= 11 is 0. The van der Waals surface area contributed by atoms with Crippen molar-refractivity contribution in [3.63, 3.8) is 0 Å². The molecular weight excluding hydrogens is 536 g/mol. The van der Waals surface area contributed by atoms with E-state index in [9.17, 15) is 13.5 Å². The molecule has 1 saturated heterocycles. The molecule has 4 aromatic rings. The summed E-state index contributed by atoms with van der Waals surface area (Å²) < 4.78 is 46.5. The minimum atomic E-state index is -3.86. The predicted molar refractivity (Wildman–Crippen MR) is 148 cm³/mol. The zero-order valence-corrected chi connectivity index (χ0v) is 23.8. The standard InChI is InChI=1S/C27H32N6O6S/c1-16-11-17(2)29-27(28-16)32-13-19(34)12-20(14-32)40(35,36)15-24-30-31-26(23-10-9-18(3)39-23)33(24)25-21(37-4)7-6-8-22(25)38-5/h6-11,19-20,34H,12-15H2,1-5H3/t19-,20+/m0/s1. The summed E-state index contributed by atoms with van der Waals surface area (Å²) in [5, 5.41) is 18.4.